The molecule has 1 N–H and O–H groups in total. The van der Waals surface area contributed by atoms with Gasteiger partial charge < -0.3 is 19.1 Å². The summed E-state index contributed by atoms with van der Waals surface area (Å²) in [5, 5.41) is 2.87. The quantitative estimate of drug-likeness (QED) is 0.0725. The number of unbranched alkanes of at least 4 members (excludes halogenated alkanes) is 9. The Morgan fingerprint density at radius 2 is 1.28 bits per heavy atom. The van der Waals surface area contributed by atoms with Crippen molar-refractivity contribution in [2.45, 2.75) is 85.0 Å². The third-order valence-corrected chi connectivity index (χ3v) is 5.16. The lowest BCUT2D eigenvalue weighted by Crippen LogP contribution is -2.38. The van der Waals surface area contributed by atoms with Gasteiger partial charge in [0.25, 0.3) is 0 Å². The van der Waals surface area contributed by atoms with E-state index >= 15 is 0 Å². The Bertz CT molecular complexity index is 714. The summed E-state index contributed by atoms with van der Waals surface area (Å²) in [6.45, 7) is 14.8. The van der Waals surface area contributed by atoms with Crippen molar-refractivity contribution in [1.29, 1.82) is 0 Å². The molecule has 36 heavy (non-hydrogen) atoms. The van der Waals surface area contributed by atoms with Gasteiger partial charge in [-0.25, -0.2) is 13.2 Å². The van der Waals surface area contributed by atoms with E-state index in [4.69, 9.17) is 4.74 Å². The Kier molecular flexibility index (Phi) is 25.5. The lowest BCUT2D eigenvalue weighted by molar-refractivity contribution is -0.870. The maximum atomic E-state index is 11.2. The summed E-state index contributed by atoms with van der Waals surface area (Å²) in [6.07, 6.45) is 13.3. The van der Waals surface area contributed by atoms with Crippen molar-refractivity contribution in [3.05, 3.63) is 24.3 Å². The molecule has 10 heteroatoms. The minimum Gasteiger partial charge on any atom is -0.726 e. The number of carbonyl (C=O) groups excluding carboxylic acids is 2. The number of nitrogens with one attached hydrogen (secondary N) is 1. The van der Waals surface area contributed by atoms with E-state index in [-0.39, 0.29) is 11.9 Å². The largest absolute Gasteiger partial charge is 0.726 e. The zero-order valence-corrected chi connectivity index (χ0v) is 24.6. The van der Waals surface area contributed by atoms with Crippen molar-refractivity contribution >= 4 is 22.3 Å². The van der Waals surface area contributed by atoms with Crippen LogP contribution in [-0.2, 0) is 28.9 Å². The maximum Gasteiger partial charge on any atom is 0.333 e. The number of quaternary nitrogens is 1. The molecular formula is C26H52N2O7S. The molecule has 0 heterocycles. The second-order valence-corrected chi connectivity index (χ2v) is 10.9. The van der Waals surface area contributed by atoms with Crippen LogP contribution >= 0.6 is 0 Å². The van der Waals surface area contributed by atoms with Gasteiger partial charge in [0.05, 0.1) is 28.3 Å². The van der Waals surface area contributed by atoms with Gasteiger partial charge in [0.1, 0.15) is 13.2 Å². The van der Waals surface area contributed by atoms with Gasteiger partial charge in [0, 0.05) is 17.7 Å². The molecule has 0 unspecified atom stereocenters. The normalized spacial score (nSPS) is 10.8. The second-order valence-electron chi connectivity index (χ2n) is 9.72. The summed E-state index contributed by atoms with van der Waals surface area (Å²) in [5.41, 5.74) is 1.05. The number of carbonyl (C=O) groups is 2. The average molecular weight is 537 g/mol. The van der Waals surface area contributed by atoms with Gasteiger partial charge in [0.15, 0.2) is 0 Å². The Hall–Kier alpha value is -1.75. The molecule has 0 aromatic rings. The highest BCUT2D eigenvalue weighted by Gasteiger charge is 2.09. The van der Waals surface area contributed by atoms with E-state index in [0.717, 1.165) is 31.1 Å². The lowest BCUT2D eigenvalue weighted by Gasteiger charge is -2.23. The van der Waals surface area contributed by atoms with Crippen molar-refractivity contribution in [3.63, 3.8) is 0 Å². The summed E-state index contributed by atoms with van der Waals surface area (Å²) >= 11 is 0. The lowest BCUT2D eigenvalue weighted by atomic mass is 10.1. The van der Waals surface area contributed by atoms with Crippen LogP contribution in [0.25, 0.3) is 0 Å². The van der Waals surface area contributed by atoms with Crippen LogP contribution in [0.15, 0.2) is 24.3 Å². The summed E-state index contributed by atoms with van der Waals surface area (Å²) < 4.78 is 36.7. The Balaban J connectivity index is -0.000000518. The summed E-state index contributed by atoms with van der Waals surface area (Å²) in [5.74, 6) is -0.311. The minimum absolute atomic E-state index is 0.00840. The van der Waals surface area contributed by atoms with E-state index in [0.29, 0.717) is 17.8 Å². The molecule has 214 valence electrons. The highest BCUT2D eigenvalue weighted by molar-refractivity contribution is 7.80. The van der Waals surface area contributed by atoms with Crippen LogP contribution in [0.5, 0.6) is 0 Å². The molecule has 0 atom stereocenters. The number of rotatable bonds is 17. The SMILES string of the molecule is C=C(C)C(=O)NCCCCCCCCCCCC.C=C(C)C(=O)OCC[N+](C)(C)C.COS(=O)(=O)[O-]. The number of amides is 1. The van der Waals surface area contributed by atoms with Gasteiger partial charge in [-0.05, 0) is 20.3 Å². The van der Waals surface area contributed by atoms with Gasteiger partial charge >= 0.3 is 5.97 Å². The van der Waals surface area contributed by atoms with Crippen LogP contribution in [-0.4, -0.2) is 77.3 Å². The first kappa shape index (κ1) is 38.8. The van der Waals surface area contributed by atoms with Gasteiger partial charge in [-0.15, -0.1) is 0 Å². The minimum atomic E-state index is -4.41. The van der Waals surface area contributed by atoms with E-state index in [1.165, 1.54) is 57.8 Å². The summed E-state index contributed by atoms with van der Waals surface area (Å²) in [6, 6.07) is 0. The van der Waals surface area contributed by atoms with Crippen LogP contribution in [0.1, 0.15) is 85.0 Å². The molecule has 0 rings (SSSR count). The van der Waals surface area contributed by atoms with Gasteiger partial charge in [-0.1, -0.05) is 77.9 Å². The molecule has 0 radical (unpaired) electrons. The third kappa shape index (κ3) is 36.8. The molecule has 1 amide bonds. The Morgan fingerprint density at radius 3 is 1.61 bits per heavy atom. The molecular weight excluding hydrogens is 484 g/mol. The standard InChI is InChI=1S/C16H31NO.C9H18NO2.CH4O4S/c1-4-5-6-7-8-9-10-11-12-13-14-17-16(18)15(2)3;1-8(2)9(11)12-7-6-10(3,4)5;1-5-6(2,3)4/h2,4-14H2,1,3H3,(H,17,18);1,6-7H2,2-5H3;1H3,(H,2,3,4)/q;+1;/p-1. The van der Waals surface area contributed by atoms with E-state index in [1.54, 1.807) is 13.8 Å². The number of hydrogen-bond donors (Lipinski definition) is 1. The number of hydrogen-bond acceptors (Lipinski definition) is 7. The second kappa shape index (κ2) is 23.6. The molecule has 9 nitrogen and oxygen atoms in total. The smallest absolute Gasteiger partial charge is 0.333 e. The van der Waals surface area contributed by atoms with Crippen LogP contribution in [0.4, 0.5) is 0 Å². The molecule has 0 aromatic heterocycles. The first-order valence-electron chi connectivity index (χ1n) is 12.7. The van der Waals surface area contributed by atoms with E-state index < -0.39 is 10.4 Å². The predicted molar refractivity (Wildman–Crippen MR) is 145 cm³/mol. The van der Waals surface area contributed by atoms with Gasteiger partial charge in [-0.2, -0.15) is 0 Å². The van der Waals surface area contributed by atoms with Crippen LogP contribution < -0.4 is 5.32 Å². The predicted octanol–water partition coefficient (Wildman–Crippen LogP) is 4.50. The van der Waals surface area contributed by atoms with Gasteiger partial charge in [-0.3, -0.25) is 8.98 Å². The molecule has 0 aliphatic rings. The highest BCUT2D eigenvalue weighted by atomic mass is 32.3. The van der Waals surface area contributed by atoms with Crippen molar-refractivity contribution < 1.29 is 36.0 Å². The van der Waals surface area contributed by atoms with Crippen molar-refractivity contribution in [3.8, 4) is 0 Å². The van der Waals surface area contributed by atoms with Gasteiger partial charge in [0.2, 0.25) is 16.3 Å². The van der Waals surface area contributed by atoms with E-state index in [1.807, 2.05) is 0 Å². The van der Waals surface area contributed by atoms with Crippen molar-refractivity contribution in [2.75, 3.05) is 47.9 Å². The van der Waals surface area contributed by atoms with Crippen LogP contribution in [0.2, 0.25) is 0 Å². The maximum absolute atomic E-state index is 11.2. The van der Waals surface area contributed by atoms with Crippen molar-refractivity contribution in [2.24, 2.45) is 0 Å². The molecule has 0 bridgehead atoms. The molecule has 0 saturated heterocycles. The van der Waals surface area contributed by atoms with E-state index in [2.05, 4.69) is 50.7 Å². The molecule has 0 aliphatic heterocycles. The number of ether oxygens (including phenoxy) is 1. The number of esters is 1. The number of likely N-dealkylation sites (N-methyl/N-ethyl adjacent to an activating group) is 1. The Morgan fingerprint density at radius 1 is 0.861 bits per heavy atom. The summed E-state index contributed by atoms with van der Waals surface area (Å²) in [7, 11) is 2.55. The number of nitrogens with zero attached hydrogens (tertiary/aromatic N) is 1. The molecule has 0 aromatic carbocycles. The first-order chi connectivity index (χ1) is 16.6. The first-order valence-corrected chi connectivity index (χ1v) is 14.0. The molecule has 0 aliphatic carbocycles. The fraction of sp³-hybridized carbons (Fsp3) is 0.769. The fourth-order valence-corrected chi connectivity index (χ4v) is 2.50. The molecule has 0 fully saturated rings. The molecule has 0 saturated carbocycles. The van der Waals surface area contributed by atoms with Crippen molar-refractivity contribution in [1.82, 2.24) is 5.32 Å². The topological polar surface area (TPSA) is 122 Å². The van der Waals surface area contributed by atoms with Crippen LogP contribution in [0.3, 0.4) is 0 Å². The summed E-state index contributed by atoms with van der Waals surface area (Å²) in [4.78, 5) is 22.1. The zero-order valence-electron chi connectivity index (χ0n) is 23.8. The third-order valence-electron chi connectivity index (χ3n) is 4.75. The zero-order chi connectivity index (χ0) is 28.6. The van der Waals surface area contributed by atoms with E-state index in [9.17, 15) is 22.6 Å². The Labute approximate surface area is 220 Å². The monoisotopic (exact) mass is 536 g/mol. The average Bonchev–Trinajstić information content (AvgIpc) is 2.76. The molecule has 0 spiro atoms. The van der Waals surface area contributed by atoms with Crippen LogP contribution in [0, 0.1) is 0 Å². The fourth-order valence-electron chi connectivity index (χ4n) is 2.50. The highest BCUT2D eigenvalue weighted by Crippen LogP contribution is 2.10.